The van der Waals surface area contributed by atoms with Crippen LogP contribution in [-0.4, -0.2) is 41.1 Å². The topological polar surface area (TPSA) is 52.6 Å². The number of aryl methyl sites for hydroxylation is 1. The van der Waals surface area contributed by atoms with Crippen molar-refractivity contribution in [3.05, 3.63) is 29.3 Å². The average molecular weight is 288 g/mol. The summed E-state index contributed by atoms with van der Waals surface area (Å²) < 4.78 is 0. The zero-order chi connectivity index (χ0) is 14.9. The number of hydrogen-bond acceptors (Lipinski definition) is 3. The number of nitrogens with zero attached hydrogens (tertiary/aromatic N) is 1. The van der Waals surface area contributed by atoms with Crippen molar-refractivity contribution in [3.63, 3.8) is 0 Å². The van der Waals surface area contributed by atoms with Gasteiger partial charge in [0.15, 0.2) is 0 Å². The third-order valence-electron chi connectivity index (χ3n) is 4.95. The quantitative estimate of drug-likeness (QED) is 0.834. The van der Waals surface area contributed by atoms with Gasteiger partial charge in [-0.2, -0.15) is 0 Å². The van der Waals surface area contributed by atoms with Gasteiger partial charge < -0.3 is 15.3 Å². The van der Waals surface area contributed by atoms with Crippen LogP contribution >= 0.6 is 0 Å². The highest BCUT2D eigenvalue weighted by Crippen LogP contribution is 2.36. The first-order valence-electron chi connectivity index (χ1n) is 7.95. The molecule has 1 spiro atoms. The number of aromatic hydroxyl groups is 1. The lowest BCUT2D eigenvalue weighted by Crippen LogP contribution is -2.63. The van der Waals surface area contributed by atoms with Gasteiger partial charge in [0.05, 0.1) is 11.1 Å². The van der Waals surface area contributed by atoms with Gasteiger partial charge in [0.2, 0.25) is 0 Å². The molecule has 0 aromatic heterocycles. The second-order valence-electron chi connectivity index (χ2n) is 6.44. The second kappa shape index (κ2) is 5.68. The number of phenols is 1. The van der Waals surface area contributed by atoms with E-state index in [2.05, 4.69) is 5.32 Å². The molecule has 1 aliphatic heterocycles. The summed E-state index contributed by atoms with van der Waals surface area (Å²) in [6.45, 7) is 4.36. The molecule has 4 heteroatoms. The Labute approximate surface area is 126 Å². The van der Waals surface area contributed by atoms with E-state index in [-0.39, 0.29) is 17.2 Å². The van der Waals surface area contributed by atoms with Crippen LogP contribution in [0.25, 0.3) is 0 Å². The van der Waals surface area contributed by atoms with E-state index < -0.39 is 0 Å². The molecule has 1 aliphatic carbocycles. The molecule has 1 saturated carbocycles. The van der Waals surface area contributed by atoms with Crippen LogP contribution in [0, 0.1) is 6.92 Å². The molecule has 1 heterocycles. The minimum absolute atomic E-state index is 0.0177. The monoisotopic (exact) mass is 288 g/mol. The Hall–Kier alpha value is -1.55. The van der Waals surface area contributed by atoms with E-state index in [0.717, 1.165) is 38.0 Å². The minimum atomic E-state index is -0.0507. The normalized spacial score (nSPS) is 21.5. The molecule has 0 unspecified atom stereocenters. The Bertz CT molecular complexity index is 527. The second-order valence-corrected chi connectivity index (χ2v) is 6.44. The number of carbonyl (C=O) groups is 1. The molecule has 4 nitrogen and oxygen atoms in total. The van der Waals surface area contributed by atoms with Crippen molar-refractivity contribution >= 4 is 5.91 Å². The molecule has 1 saturated heterocycles. The summed E-state index contributed by atoms with van der Waals surface area (Å²) in [4.78, 5) is 15.0. The Balaban J connectivity index is 1.90. The van der Waals surface area contributed by atoms with Crippen molar-refractivity contribution in [1.82, 2.24) is 10.2 Å². The summed E-state index contributed by atoms with van der Waals surface area (Å²) in [6.07, 6.45) is 5.77. The molecular formula is C17H24N2O2. The number of hydrogen-bond donors (Lipinski definition) is 2. The Morgan fingerprint density at radius 2 is 2.05 bits per heavy atom. The van der Waals surface area contributed by atoms with E-state index in [4.69, 9.17) is 0 Å². The van der Waals surface area contributed by atoms with Crippen molar-refractivity contribution in [2.45, 2.75) is 44.6 Å². The summed E-state index contributed by atoms with van der Waals surface area (Å²) in [6, 6.07) is 5.32. The number of benzene rings is 1. The van der Waals surface area contributed by atoms with Gasteiger partial charge in [0.1, 0.15) is 5.75 Å². The fourth-order valence-electron chi connectivity index (χ4n) is 3.79. The molecule has 0 atom stereocenters. The van der Waals surface area contributed by atoms with E-state index in [1.165, 1.54) is 19.3 Å². The van der Waals surface area contributed by atoms with Gasteiger partial charge in [-0.25, -0.2) is 0 Å². The molecule has 2 fully saturated rings. The molecule has 3 rings (SSSR count). The maximum absolute atomic E-state index is 12.9. The molecule has 0 radical (unpaired) electrons. The van der Waals surface area contributed by atoms with Crippen LogP contribution in [0.1, 0.15) is 48.0 Å². The fraction of sp³-hybridized carbons (Fsp3) is 0.588. The highest BCUT2D eigenvalue weighted by atomic mass is 16.3. The molecule has 1 aromatic carbocycles. The van der Waals surface area contributed by atoms with Crippen LogP contribution in [0.15, 0.2) is 18.2 Å². The average Bonchev–Trinajstić information content (AvgIpc) is 2.48. The van der Waals surface area contributed by atoms with E-state index in [9.17, 15) is 9.90 Å². The highest BCUT2D eigenvalue weighted by molar-refractivity contribution is 5.97. The predicted molar refractivity (Wildman–Crippen MR) is 82.6 cm³/mol. The first-order chi connectivity index (χ1) is 10.1. The van der Waals surface area contributed by atoms with Crippen molar-refractivity contribution in [1.29, 1.82) is 0 Å². The third-order valence-corrected chi connectivity index (χ3v) is 4.95. The number of rotatable bonds is 1. The van der Waals surface area contributed by atoms with Gasteiger partial charge in [-0.3, -0.25) is 4.79 Å². The van der Waals surface area contributed by atoms with Crippen LogP contribution < -0.4 is 5.32 Å². The molecule has 0 bridgehead atoms. The highest BCUT2D eigenvalue weighted by Gasteiger charge is 2.42. The van der Waals surface area contributed by atoms with E-state index in [1.807, 2.05) is 17.9 Å². The van der Waals surface area contributed by atoms with Crippen molar-refractivity contribution < 1.29 is 9.90 Å². The van der Waals surface area contributed by atoms with Gasteiger partial charge in [0, 0.05) is 19.6 Å². The lowest BCUT2D eigenvalue weighted by Gasteiger charge is -2.49. The van der Waals surface area contributed by atoms with Gasteiger partial charge in [-0.1, -0.05) is 25.3 Å². The van der Waals surface area contributed by atoms with E-state index in [1.54, 1.807) is 12.1 Å². The molecule has 1 amide bonds. The van der Waals surface area contributed by atoms with Crippen molar-refractivity contribution in [2.75, 3.05) is 19.6 Å². The summed E-state index contributed by atoms with van der Waals surface area (Å²) in [7, 11) is 0. The van der Waals surface area contributed by atoms with Gasteiger partial charge in [-0.15, -0.1) is 0 Å². The lowest BCUT2D eigenvalue weighted by atomic mass is 9.78. The smallest absolute Gasteiger partial charge is 0.258 e. The fourth-order valence-corrected chi connectivity index (χ4v) is 3.79. The predicted octanol–water partition coefficient (Wildman–Crippen LogP) is 2.45. The standard InChI is InChI=1S/C17H24N2O2/c1-13-5-6-14(15(20)11-13)16(21)19-10-9-18-12-17(19)7-3-2-4-8-17/h5-6,11,18,20H,2-4,7-10,12H2,1H3. The zero-order valence-corrected chi connectivity index (χ0v) is 12.7. The number of phenolic OH excluding ortho intramolecular Hbond substituents is 1. The largest absolute Gasteiger partial charge is 0.507 e. The molecule has 2 aliphatic rings. The summed E-state index contributed by atoms with van der Waals surface area (Å²) in [5, 5.41) is 13.6. The summed E-state index contributed by atoms with van der Waals surface area (Å²) in [5.41, 5.74) is 1.36. The van der Waals surface area contributed by atoms with Crippen molar-refractivity contribution in [3.8, 4) is 5.75 Å². The summed E-state index contributed by atoms with van der Waals surface area (Å²) >= 11 is 0. The van der Waals surface area contributed by atoms with Crippen LogP contribution in [0.5, 0.6) is 5.75 Å². The molecule has 21 heavy (non-hydrogen) atoms. The van der Waals surface area contributed by atoms with Gasteiger partial charge in [0.25, 0.3) is 5.91 Å². The first kappa shape index (κ1) is 14.4. The van der Waals surface area contributed by atoms with Crippen LogP contribution in [0.4, 0.5) is 0 Å². The van der Waals surface area contributed by atoms with E-state index >= 15 is 0 Å². The maximum atomic E-state index is 12.9. The number of piperazine rings is 1. The molecular weight excluding hydrogens is 264 g/mol. The first-order valence-corrected chi connectivity index (χ1v) is 7.95. The zero-order valence-electron chi connectivity index (χ0n) is 12.7. The number of carbonyl (C=O) groups excluding carboxylic acids is 1. The SMILES string of the molecule is Cc1ccc(C(=O)N2CCNCC23CCCCC3)c(O)c1. The Kier molecular flexibility index (Phi) is 3.89. The molecule has 114 valence electrons. The van der Waals surface area contributed by atoms with Gasteiger partial charge >= 0.3 is 0 Å². The number of nitrogens with one attached hydrogen (secondary N) is 1. The van der Waals surface area contributed by atoms with Crippen LogP contribution in [-0.2, 0) is 0 Å². The lowest BCUT2D eigenvalue weighted by molar-refractivity contribution is 0.0220. The minimum Gasteiger partial charge on any atom is -0.507 e. The number of amides is 1. The molecule has 2 N–H and O–H groups in total. The van der Waals surface area contributed by atoms with Gasteiger partial charge in [-0.05, 0) is 37.5 Å². The Morgan fingerprint density at radius 1 is 1.29 bits per heavy atom. The van der Waals surface area contributed by atoms with E-state index in [0.29, 0.717) is 5.56 Å². The molecule has 1 aromatic rings. The van der Waals surface area contributed by atoms with Crippen LogP contribution in [0.2, 0.25) is 0 Å². The van der Waals surface area contributed by atoms with Crippen molar-refractivity contribution in [2.24, 2.45) is 0 Å². The van der Waals surface area contributed by atoms with Crippen LogP contribution in [0.3, 0.4) is 0 Å². The maximum Gasteiger partial charge on any atom is 0.258 e. The third kappa shape index (κ3) is 2.64. The summed E-state index contributed by atoms with van der Waals surface area (Å²) in [5.74, 6) is 0.0837. The Morgan fingerprint density at radius 3 is 2.76 bits per heavy atom.